The van der Waals surface area contributed by atoms with Crippen LogP contribution in [0.15, 0.2) is 53.6 Å². The van der Waals surface area contributed by atoms with Crippen LogP contribution in [0.1, 0.15) is 37.3 Å². The topological polar surface area (TPSA) is 71.7 Å². The van der Waals surface area contributed by atoms with Gasteiger partial charge in [-0.15, -0.1) is 0 Å². The molecule has 31 heavy (non-hydrogen) atoms. The summed E-state index contributed by atoms with van der Waals surface area (Å²) in [4.78, 5) is 13.2. The zero-order valence-corrected chi connectivity index (χ0v) is 18.5. The molecule has 1 fully saturated rings. The first-order chi connectivity index (χ1) is 15.1. The molecule has 6 nitrogen and oxygen atoms in total. The number of anilines is 1. The number of hydrazine groups is 1. The van der Waals surface area contributed by atoms with Crippen molar-refractivity contribution >= 4 is 40.5 Å². The molecule has 2 heterocycles. The van der Waals surface area contributed by atoms with Crippen LogP contribution in [0, 0.1) is 17.2 Å². The maximum absolute atomic E-state index is 13.2. The summed E-state index contributed by atoms with van der Waals surface area (Å²) in [6.07, 6.45) is 4.39. The van der Waals surface area contributed by atoms with Crippen LogP contribution >= 0.6 is 23.2 Å². The third-order valence-corrected chi connectivity index (χ3v) is 6.21. The largest absolute Gasteiger partial charge is 0.284 e. The molecule has 1 saturated heterocycles. The third kappa shape index (κ3) is 4.69. The van der Waals surface area contributed by atoms with Crippen molar-refractivity contribution in [2.24, 2.45) is 11.0 Å². The molecule has 0 saturated carbocycles. The lowest BCUT2D eigenvalue weighted by atomic mass is 9.90. The highest BCUT2D eigenvalue weighted by atomic mass is 35.5. The van der Waals surface area contributed by atoms with Crippen LogP contribution in [-0.2, 0) is 4.79 Å². The number of hydrazone groups is 1. The van der Waals surface area contributed by atoms with Crippen LogP contribution in [0.4, 0.5) is 5.69 Å². The minimum atomic E-state index is -0.760. The number of amides is 1. The van der Waals surface area contributed by atoms with Crippen molar-refractivity contribution in [2.45, 2.75) is 31.7 Å². The first kappa shape index (κ1) is 21.6. The molecule has 2 aliphatic rings. The van der Waals surface area contributed by atoms with E-state index in [2.05, 4.69) is 16.6 Å². The van der Waals surface area contributed by atoms with Gasteiger partial charge in [-0.3, -0.25) is 15.2 Å². The molecule has 0 bridgehead atoms. The van der Waals surface area contributed by atoms with E-state index in [0.29, 0.717) is 15.7 Å². The van der Waals surface area contributed by atoms with E-state index in [4.69, 9.17) is 23.2 Å². The lowest BCUT2D eigenvalue weighted by Gasteiger charge is -2.26. The molecule has 2 aromatic rings. The predicted molar refractivity (Wildman–Crippen MR) is 123 cm³/mol. The van der Waals surface area contributed by atoms with Crippen molar-refractivity contribution in [1.29, 1.82) is 5.26 Å². The highest BCUT2D eigenvalue weighted by molar-refractivity contribution is 6.41. The van der Waals surface area contributed by atoms with E-state index in [9.17, 15) is 10.1 Å². The van der Waals surface area contributed by atoms with Gasteiger partial charge in [0.2, 0.25) is 0 Å². The van der Waals surface area contributed by atoms with Gasteiger partial charge in [0.05, 0.1) is 22.8 Å². The Labute approximate surface area is 192 Å². The molecule has 2 atom stereocenters. The minimum absolute atomic E-state index is 0.187. The summed E-state index contributed by atoms with van der Waals surface area (Å²) in [5, 5.41) is 19.4. The summed E-state index contributed by atoms with van der Waals surface area (Å²) >= 11 is 12.5. The fraction of sp³-hybridized carbons (Fsp3) is 0.348. The van der Waals surface area contributed by atoms with Crippen molar-refractivity contribution in [2.75, 3.05) is 18.1 Å². The van der Waals surface area contributed by atoms with Crippen LogP contribution in [-0.4, -0.2) is 29.7 Å². The average Bonchev–Trinajstić information content (AvgIpc) is 2.97. The molecule has 0 aliphatic carbocycles. The Morgan fingerprint density at radius 2 is 1.71 bits per heavy atom. The van der Waals surface area contributed by atoms with Crippen molar-refractivity contribution in [3.05, 3.63) is 64.1 Å². The average molecular weight is 456 g/mol. The fourth-order valence-electron chi connectivity index (χ4n) is 4.07. The lowest BCUT2D eigenvalue weighted by molar-refractivity contribution is -0.119. The van der Waals surface area contributed by atoms with Gasteiger partial charge in [-0.05, 0) is 42.7 Å². The molecule has 0 unspecified atom stereocenters. The van der Waals surface area contributed by atoms with Gasteiger partial charge in [0, 0.05) is 18.1 Å². The smallest absolute Gasteiger partial charge is 0.283 e. The second-order valence-electron chi connectivity index (χ2n) is 7.73. The quantitative estimate of drug-likeness (QED) is 0.706. The molecule has 0 aromatic heterocycles. The summed E-state index contributed by atoms with van der Waals surface area (Å²) in [6.45, 7) is 1.59. The third-order valence-electron chi connectivity index (χ3n) is 5.64. The Balaban J connectivity index is 1.69. The van der Waals surface area contributed by atoms with E-state index >= 15 is 0 Å². The number of carbonyl (C=O) groups is 1. The number of hydrogen-bond acceptors (Lipinski definition) is 5. The Kier molecular flexibility index (Phi) is 6.77. The lowest BCUT2D eigenvalue weighted by Crippen LogP contribution is -2.46. The van der Waals surface area contributed by atoms with Gasteiger partial charge in [0.25, 0.3) is 5.91 Å². The SMILES string of the molecule is N#C[C@@H]1C(C(=O)NN2CCCCCC2)=NN(c2ccccc2Cl)[C@@H]1c1ccc(Cl)cc1. The zero-order valence-electron chi connectivity index (χ0n) is 17.0. The number of nitriles is 1. The van der Waals surface area contributed by atoms with E-state index in [1.165, 1.54) is 0 Å². The summed E-state index contributed by atoms with van der Waals surface area (Å²) in [5.41, 5.74) is 4.62. The molecule has 4 rings (SSSR count). The molecular weight excluding hydrogens is 433 g/mol. The molecule has 1 N–H and O–H groups in total. The molecule has 2 aliphatic heterocycles. The highest BCUT2D eigenvalue weighted by Crippen LogP contribution is 2.41. The fourth-order valence-corrected chi connectivity index (χ4v) is 4.42. The maximum Gasteiger partial charge on any atom is 0.283 e. The normalized spacial score (nSPS) is 21.8. The molecule has 0 spiro atoms. The van der Waals surface area contributed by atoms with E-state index in [1.54, 1.807) is 23.2 Å². The number of para-hydroxylation sites is 1. The Bertz CT molecular complexity index is 1010. The Morgan fingerprint density at radius 1 is 1.03 bits per heavy atom. The van der Waals surface area contributed by atoms with Gasteiger partial charge in [-0.2, -0.15) is 10.4 Å². The number of hydrogen-bond donors (Lipinski definition) is 1. The van der Waals surface area contributed by atoms with Gasteiger partial charge in [0.1, 0.15) is 11.6 Å². The second-order valence-corrected chi connectivity index (χ2v) is 8.57. The van der Waals surface area contributed by atoms with E-state index < -0.39 is 12.0 Å². The van der Waals surface area contributed by atoms with E-state index in [0.717, 1.165) is 44.3 Å². The van der Waals surface area contributed by atoms with Crippen LogP contribution in [0.25, 0.3) is 0 Å². The first-order valence-corrected chi connectivity index (χ1v) is 11.2. The summed E-state index contributed by atoms with van der Waals surface area (Å²) in [7, 11) is 0. The molecule has 8 heteroatoms. The van der Waals surface area contributed by atoms with Crippen LogP contribution in [0.3, 0.4) is 0 Å². The number of carbonyl (C=O) groups excluding carboxylic acids is 1. The van der Waals surface area contributed by atoms with Crippen molar-refractivity contribution < 1.29 is 4.79 Å². The molecule has 160 valence electrons. The molecular formula is C23H23Cl2N5O. The Morgan fingerprint density at radius 3 is 2.35 bits per heavy atom. The highest BCUT2D eigenvalue weighted by Gasteiger charge is 2.43. The van der Waals surface area contributed by atoms with Gasteiger partial charge in [-0.1, -0.05) is 60.3 Å². The minimum Gasteiger partial charge on any atom is -0.284 e. The van der Waals surface area contributed by atoms with Crippen LogP contribution in [0.5, 0.6) is 0 Å². The van der Waals surface area contributed by atoms with Gasteiger partial charge in [0.15, 0.2) is 0 Å². The standard InChI is InChI=1S/C23H23Cl2N5O/c24-17-11-9-16(10-12-17)22-18(15-26)21(23(31)28-29-13-5-1-2-6-14-29)27-30(22)20-8-4-3-7-19(20)25/h3-4,7-12,18,22H,1-2,5-6,13-14H2,(H,28,31)/t18-,22-/m1/s1. The first-order valence-electron chi connectivity index (χ1n) is 10.4. The van der Waals surface area contributed by atoms with Gasteiger partial charge in [-0.25, -0.2) is 5.01 Å². The van der Waals surface area contributed by atoms with Gasteiger partial charge < -0.3 is 0 Å². The zero-order chi connectivity index (χ0) is 21.8. The van der Waals surface area contributed by atoms with Gasteiger partial charge >= 0.3 is 0 Å². The van der Waals surface area contributed by atoms with Crippen molar-refractivity contribution in [1.82, 2.24) is 10.4 Å². The van der Waals surface area contributed by atoms with Crippen LogP contribution in [0.2, 0.25) is 10.0 Å². The monoisotopic (exact) mass is 455 g/mol. The predicted octanol–water partition coefficient (Wildman–Crippen LogP) is 4.96. The number of nitrogens with zero attached hydrogens (tertiary/aromatic N) is 4. The number of halogens is 2. The maximum atomic E-state index is 13.2. The second kappa shape index (κ2) is 9.69. The molecule has 0 radical (unpaired) electrons. The van der Waals surface area contributed by atoms with E-state index in [1.807, 2.05) is 35.3 Å². The summed E-state index contributed by atoms with van der Waals surface area (Å²) < 4.78 is 0. The number of rotatable bonds is 4. The van der Waals surface area contributed by atoms with Crippen LogP contribution < -0.4 is 10.4 Å². The number of benzene rings is 2. The molecule has 1 amide bonds. The summed E-state index contributed by atoms with van der Waals surface area (Å²) in [6, 6.07) is 16.3. The number of nitrogens with one attached hydrogen (secondary N) is 1. The van der Waals surface area contributed by atoms with Crippen molar-refractivity contribution in [3.8, 4) is 6.07 Å². The van der Waals surface area contributed by atoms with E-state index in [-0.39, 0.29) is 11.6 Å². The summed E-state index contributed by atoms with van der Waals surface area (Å²) in [5.74, 6) is -1.11. The van der Waals surface area contributed by atoms with Crippen molar-refractivity contribution in [3.63, 3.8) is 0 Å². The molecule has 2 aromatic carbocycles. The Hall–Kier alpha value is -2.59.